The highest BCUT2D eigenvalue weighted by Gasteiger charge is 2.57. The van der Waals surface area contributed by atoms with Crippen LogP contribution in [0.4, 0.5) is 8.78 Å². The van der Waals surface area contributed by atoms with E-state index in [-0.39, 0.29) is 24.7 Å². The third-order valence-electron chi connectivity index (χ3n) is 5.53. The summed E-state index contributed by atoms with van der Waals surface area (Å²) in [5.74, 6) is -2.60. The minimum Gasteiger partial charge on any atom is -0.380 e. The normalized spacial score (nSPS) is 32.5. The van der Waals surface area contributed by atoms with Gasteiger partial charge in [-0.3, -0.25) is 9.69 Å². The Morgan fingerprint density at radius 3 is 3.00 bits per heavy atom. The summed E-state index contributed by atoms with van der Waals surface area (Å²) in [6, 6.07) is -0.402. The van der Waals surface area contributed by atoms with E-state index in [4.69, 9.17) is 4.74 Å². The van der Waals surface area contributed by atoms with Gasteiger partial charge in [-0.1, -0.05) is 0 Å². The van der Waals surface area contributed by atoms with Crippen molar-refractivity contribution in [3.05, 3.63) is 16.1 Å². The Balaban J connectivity index is 1.43. The van der Waals surface area contributed by atoms with Gasteiger partial charge in [0.25, 0.3) is 5.92 Å². The topological polar surface area (TPSA) is 54.5 Å². The molecule has 0 radical (unpaired) electrons. The Morgan fingerprint density at radius 2 is 2.33 bits per heavy atom. The largest absolute Gasteiger partial charge is 0.380 e. The number of hydrogen-bond donors (Lipinski definition) is 1. The van der Waals surface area contributed by atoms with Crippen LogP contribution >= 0.6 is 11.3 Å². The summed E-state index contributed by atoms with van der Waals surface area (Å²) in [5, 5.41) is 2.83. The fraction of sp³-hybridized carbons (Fsp3) is 0.750. The van der Waals surface area contributed by atoms with Crippen molar-refractivity contribution in [2.24, 2.45) is 11.3 Å². The Hall–Kier alpha value is -1.12. The average Bonchev–Trinajstić information content (AvgIpc) is 3.12. The van der Waals surface area contributed by atoms with E-state index in [0.29, 0.717) is 19.8 Å². The molecule has 1 N–H and O–H groups in total. The van der Waals surface area contributed by atoms with Gasteiger partial charge in [-0.25, -0.2) is 13.8 Å². The number of fused-ring (bicyclic) bond motifs is 1. The number of alkyl halides is 2. The van der Waals surface area contributed by atoms with Gasteiger partial charge in [0.2, 0.25) is 5.91 Å². The van der Waals surface area contributed by atoms with Crippen LogP contribution in [0.3, 0.4) is 0 Å². The molecule has 8 heteroatoms. The molecule has 0 bridgehead atoms. The van der Waals surface area contributed by atoms with Crippen molar-refractivity contribution in [3.63, 3.8) is 0 Å². The monoisotopic (exact) mass is 357 g/mol. The fourth-order valence-corrected chi connectivity index (χ4v) is 4.87. The van der Waals surface area contributed by atoms with Crippen LogP contribution in [-0.2, 0) is 16.1 Å². The molecule has 3 aliphatic rings. The average molecular weight is 357 g/mol. The van der Waals surface area contributed by atoms with Crippen LogP contribution in [0.15, 0.2) is 5.51 Å². The summed E-state index contributed by atoms with van der Waals surface area (Å²) in [6.45, 7) is 5.13. The van der Waals surface area contributed by atoms with Crippen molar-refractivity contribution < 1.29 is 18.3 Å². The predicted octanol–water partition coefficient (Wildman–Crippen LogP) is 1.81. The standard InChI is InChI=1S/C16H21F2N3O2S/c1-10-13(24-9-19-10)5-21-4-11-6-23-8-15(11,7-21)14(22)20-12-2-16(17,18)3-12/h9,11-12H,2-8H2,1H3,(H,20,22)/t11-,15-/m1/s1. The van der Waals surface area contributed by atoms with E-state index in [1.807, 2.05) is 12.4 Å². The van der Waals surface area contributed by atoms with Gasteiger partial charge in [0, 0.05) is 49.3 Å². The molecule has 1 saturated carbocycles. The van der Waals surface area contributed by atoms with Gasteiger partial charge in [-0.2, -0.15) is 0 Å². The third-order valence-corrected chi connectivity index (χ3v) is 6.45. The highest BCUT2D eigenvalue weighted by Crippen LogP contribution is 2.44. The molecule has 2 aliphatic heterocycles. The lowest BCUT2D eigenvalue weighted by Gasteiger charge is -2.37. The van der Waals surface area contributed by atoms with Crippen LogP contribution in [0.2, 0.25) is 0 Å². The van der Waals surface area contributed by atoms with E-state index >= 15 is 0 Å². The lowest BCUT2D eigenvalue weighted by molar-refractivity contribution is -0.139. The first kappa shape index (κ1) is 16.4. The molecule has 5 nitrogen and oxygen atoms in total. The maximum atomic E-state index is 13.0. The number of ether oxygens (including phenoxy) is 1. The van der Waals surface area contributed by atoms with E-state index in [9.17, 15) is 13.6 Å². The molecule has 0 spiro atoms. The number of carbonyl (C=O) groups excluding carboxylic acids is 1. The number of hydrogen-bond acceptors (Lipinski definition) is 5. The number of nitrogens with one attached hydrogen (secondary N) is 1. The number of nitrogens with zero attached hydrogens (tertiary/aromatic N) is 2. The van der Waals surface area contributed by atoms with Crippen LogP contribution in [0.25, 0.3) is 0 Å². The Kier molecular flexibility index (Phi) is 3.89. The molecule has 0 aromatic carbocycles. The van der Waals surface area contributed by atoms with Crippen molar-refractivity contribution >= 4 is 17.2 Å². The quantitative estimate of drug-likeness (QED) is 0.893. The Morgan fingerprint density at radius 1 is 1.54 bits per heavy atom. The van der Waals surface area contributed by atoms with Crippen LogP contribution in [-0.4, -0.2) is 54.1 Å². The maximum absolute atomic E-state index is 13.0. The van der Waals surface area contributed by atoms with Crippen molar-refractivity contribution in [2.75, 3.05) is 26.3 Å². The summed E-state index contributed by atoms with van der Waals surface area (Å²) < 4.78 is 31.6. The minimum atomic E-state index is -2.62. The number of carbonyl (C=O) groups is 1. The molecule has 1 amide bonds. The number of likely N-dealkylation sites (tertiary alicyclic amines) is 1. The highest BCUT2D eigenvalue weighted by atomic mass is 32.1. The van der Waals surface area contributed by atoms with Crippen LogP contribution in [0.1, 0.15) is 23.4 Å². The number of aromatic nitrogens is 1. The van der Waals surface area contributed by atoms with Gasteiger partial charge in [-0.15, -0.1) is 11.3 Å². The van der Waals surface area contributed by atoms with Crippen LogP contribution < -0.4 is 5.32 Å². The van der Waals surface area contributed by atoms with Crippen LogP contribution in [0, 0.1) is 18.3 Å². The molecule has 1 aromatic rings. The minimum absolute atomic E-state index is 0.117. The molecule has 3 fully saturated rings. The molecule has 1 aliphatic carbocycles. The van der Waals surface area contributed by atoms with Crippen molar-refractivity contribution in [1.29, 1.82) is 0 Å². The van der Waals surface area contributed by atoms with Crippen molar-refractivity contribution in [2.45, 2.75) is 38.3 Å². The zero-order valence-corrected chi connectivity index (χ0v) is 14.4. The Bertz CT molecular complexity index is 645. The van der Waals surface area contributed by atoms with Crippen molar-refractivity contribution in [3.8, 4) is 0 Å². The van der Waals surface area contributed by atoms with E-state index in [0.717, 1.165) is 18.8 Å². The van der Waals surface area contributed by atoms with E-state index in [1.165, 1.54) is 4.88 Å². The summed E-state index contributed by atoms with van der Waals surface area (Å²) in [4.78, 5) is 20.6. The van der Waals surface area contributed by atoms with Gasteiger partial charge in [-0.05, 0) is 6.92 Å². The van der Waals surface area contributed by atoms with Gasteiger partial charge in [0.15, 0.2) is 0 Å². The summed E-state index contributed by atoms with van der Waals surface area (Å²) in [6.07, 6.45) is -0.492. The molecule has 132 valence electrons. The number of rotatable bonds is 4. The van der Waals surface area contributed by atoms with E-state index < -0.39 is 17.4 Å². The molecular weight excluding hydrogens is 336 g/mol. The zero-order valence-electron chi connectivity index (χ0n) is 13.6. The van der Waals surface area contributed by atoms with Gasteiger partial charge < -0.3 is 10.1 Å². The SMILES string of the molecule is Cc1ncsc1CN1C[C@@H]2COC[C@]2(C(=O)NC2CC(F)(F)C2)C1. The van der Waals surface area contributed by atoms with E-state index in [2.05, 4.69) is 15.2 Å². The van der Waals surface area contributed by atoms with Gasteiger partial charge in [0.05, 0.1) is 29.8 Å². The Labute approximate surface area is 143 Å². The second-order valence-corrected chi connectivity index (χ2v) is 8.27. The first-order valence-corrected chi connectivity index (χ1v) is 9.14. The number of amides is 1. The summed E-state index contributed by atoms with van der Waals surface area (Å²) in [5.41, 5.74) is 2.27. The molecule has 3 heterocycles. The van der Waals surface area contributed by atoms with Gasteiger partial charge >= 0.3 is 0 Å². The lowest BCUT2D eigenvalue weighted by Crippen LogP contribution is -2.56. The highest BCUT2D eigenvalue weighted by molar-refractivity contribution is 7.09. The molecule has 0 unspecified atom stereocenters. The zero-order chi connectivity index (χ0) is 16.9. The molecular formula is C16H21F2N3O2S. The van der Waals surface area contributed by atoms with Crippen LogP contribution in [0.5, 0.6) is 0 Å². The number of halogens is 2. The first-order chi connectivity index (χ1) is 11.4. The number of thiazole rings is 1. The second kappa shape index (κ2) is 5.71. The first-order valence-electron chi connectivity index (χ1n) is 8.26. The van der Waals surface area contributed by atoms with Crippen molar-refractivity contribution in [1.82, 2.24) is 15.2 Å². The maximum Gasteiger partial charge on any atom is 0.252 e. The smallest absolute Gasteiger partial charge is 0.252 e. The predicted molar refractivity (Wildman–Crippen MR) is 85.0 cm³/mol. The molecule has 4 rings (SSSR count). The lowest BCUT2D eigenvalue weighted by atomic mass is 9.79. The number of aryl methyl sites for hydroxylation is 1. The summed E-state index contributed by atoms with van der Waals surface area (Å²) >= 11 is 1.63. The molecule has 24 heavy (non-hydrogen) atoms. The molecule has 2 saturated heterocycles. The molecule has 1 aromatic heterocycles. The fourth-order valence-electron chi connectivity index (χ4n) is 4.05. The van der Waals surface area contributed by atoms with E-state index in [1.54, 1.807) is 11.3 Å². The third kappa shape index (κ3) is 2.74. The summed E-state index contributed by atoms with van der Waals surface area (Å²) in [7, 11) is 0. The second-order valence-electron chi connectivity index (χ2n) is 7.33. The van der Waals surface area contributed by atoms with Gasteiger partial charge in [0.1, 0.15) is 0 Å². The molecule has 2 atom stereocenters.